The maximum Gasteiger partial charge on any atom is 0.165 e. The van der Waals surface area contributed by atoms with E-state index in [0.29, 0.717) is 11.8 Å². The predicted octanol–water partition coefficient (Wildman–Crippen LogP) is 4.73. The molecule has 0 spiro atoms. The Labute approximate surface area is 172 Å². The molecule has 0 unspecified atom stereocenters. The first-order valence-electron chi connectivity index (χ1n) is 9.92. The molecule has 0 fully saturated rings. The molecule has 0 aromatic heterocycles. The average Bonchev–Trinajstić information content (AvgIpc) is 2.99. The first kappa shape index (κ1) is 19.2. The van der Waals surface area contributed by atoms with E-state index in [0.717, 1.165) is 11.1 Å². The summed E-state index contributed by atoms with van der Waals surface area (Å²) in [5.41, 5.74) is 0.391. The monoisotopic (exact) mass is 392 g/mol. The van der Waals surface area contributed by atoms with Crippen LogP contribution in [-0.4, -0.2) is 34.7 Å². The van der Waals surface area contributed by atoms with Crippen LogP contribution in [0, 0.1) is 0 Å². The van der Waals surface area contributed by atoms with E-state index >= 15 is 0 Å². The van der Waals surface area contributed by atoms with E-state index in [2.05, 4.69) is 16.8 Å². The van der Waals surface area contributed by atoms with Gasteiger partial charge in [0.25, 0.3) is 0 Å². The molecule has 0 saturated carbocycles. The lowest BCUT2D eigenvalue weighted by molar-refractivity contribution is -0.185. The first-order valence-corrected chi connectivity index (χ1v) is 9.92. The van der Waals surface area contributed by atoms with Crippen molar-refractivity contribution in [2.24, 2.45) is 0 Å². The molecule has 2 aromatic carbocycles. The van der Waals surface area contributed by atoms with Gasteiger partial charge in [0.2, 0.25) is 0 Å². The van der Waals surface area contributed by atoms with Crippen molar-refractivity contribution in [3.8, 4) is 0 Å². The van der Waals surface area contributed by atoms with Crippen LogP contribution in [0.15, 0.2) is 84.8 Å². The third-order valence-corrected chi connectivity index (χ3v) is 4.91. The van der Waals surface area contributed by atoms with E-state index in [4.69, 9.17) is 15.6 Å². The molecule has 0 amide bonds. The number of ether oxygens (including phenoxy) is 3. The molecule has 0 saturated heterocycles. The molecule has 0 bridgehead atoms. The fraction of sp³-hybridized carbons (Fsp3) is 0.333. The van der Waals surface area contributed by atoms with Gasteiger partial charge in [-0.3, -0.25) is 0 Å². The molecule has 0 aliphatic carbocycles. The summed E-state index contributed by atoms with van der Waals surface area (Å²) in [6, 6.07) is 20.0. The molecule has 3 nitrogen and oxygen atoms in total. The van der Waals surface area contributed by atoms with Crippen molar-refractivity contribution in [1.82, 2.24) is 0 Å². The van der Waals surface area contributed by atoms with E-state index in [9.17, 15) is 0 Å². The third kappa shape index (κ3) is 4.14. The molecule has 145 valence electrons. The normalized spacial score (nSPS) is 20.6. The van der Waals surface area contributed by atoms with Crippen molar-refractivity contribution in [3.05, 3.63) is 95.9 Å². The van der Waals surface area contributed by atoms with Crippen LogP contribution in [0.5, 0.6) is 0 Å². The molecule has 3 rings (SSSR count). The predicted molar refractivity (Wildman–Crippen MR) is 113 cm³/mol. The SMILES string of the molecule is [2H]C1=C([Si])[C@H](OCC=C)[C@@H](C(OC(C)(C)C)(c2ccccc2)c2ccccc2)O1. The van der Waals surface area contributed by atoms with Gasteiger partial charge in [0, 0.05) is 0 Å². The van der Waals surface area contributed by atoms with E-state index < -0.39 is 23.4 Å². The van der Waals surface area contributed by atoms with Crippen LogP contribution in [0.2, 0.25) is 0 Å². The van der Waals surface area contributed by atoms with Crippen molar-refractivity contribution >= 4 is 10.2 Å². The van der Waals surface area contributed by atoms with Gasteiger partial charge in [0.05, 0.1) is 28.7 Å². The van der Waals surface area contributed by atoms with Crippen molar-refractivity contribution < 1.29 is 15.6 Å². The lowest BCUT2D eigenvalue weighted by atomic mass is 9.78. The van der Waals surface area contributed by atoms with Gasteiger partial charge < -0.3 is 14.2 Å². The maximum atomic E-state index is 8.32. The summed E-state index contributed by atoms with van der Waals surface area (Å²) < 4.78 is 27.3. The quantitative estimate of drug-likeness (QED) is 0.504. The van der Waals surface area contributed by atoms with Gasteiger partial charge in [-0.05, 0) is 37.1 Å². The van der Waals surface area contributed by atoms with E-state index in [1.807, 2.05) is 81.4 Å². The second kappa shape index (κ2) is 8.48. The molecule has 4 heteroatoms. The number of rotatable bonds is 7. The fourth-order valence-electron chi connectivity index (χ4n) is 3.56. The summed E-state index contributed by atoms with van der Waals surface area (Å²) in [7, 11) is 3.57. The largest absolute Gasteiger partial charge is 0.492 e. The van der Waals surface area contributed by atoms with Crippen LogP contribution in [0.4, 0.5) is 0 Å². The Balaban J connectivity index is 2.25. The topological polar surface area (TPSA) is 27.7 Å². The van der Waals surface area contributed by atoms with Crippen LogP contribution in [-0.2, 0) is 19.8 Å². The van der Waals surface area contributed by atoms with Gasteiger partial charge in [0.1, 0.15) is 7.47 Å². The van der Waals surface area contributed by atoms with Crippen molar-refractivity contribution in [3.63, 3.8) is 0 Å². The average molecular weight is 393 g/mol. The highest BCUT2D eigenvalue weighted by atomic mass is 28.1. The minimum Gasteiger partial charge on any atom is -0.492 e. The molecule has 2 atom stereocenters. The standard InChI is InChI=1S/C24H27O3Si/c1-5-16-25-21-20(28)17-26-22(21)24(27-23(2,3)4,18-12-8-6-9-13-18)19-14-10-7-11-15-19/h5-15,17,21-22H,1,16H2,2-4H3/t21-,22-/m0/s1/i17D. The third-order valence-electron chi connectivity index (χ3n) is 4.52. The second-order valence-corrected chi connectivity index (χ2v) is 8.32. The van der Waals surface area contributed by atoms with Crippen molar-refractivity contribution in [2.45, 2.75) is 44.2 Å². The van der Waals surface area contributed by atoms with Crippen LogP contribution in [0.3, 0.4) is 0 Å². The summed E-state index contributed by atoms with van der Waals surface area (Å²) in [5, 5.41) is 0.561. The molecule has 1 heterocycles. The zero-order valence-electron chi connectivity index (χ0n) is 17.6. The Morgan fingerprint density at radius 2 is 1.61 bits per heavy atom. The number of benzene rings is 2. The summed E-state index contributed by atoms with van der Waals surface area (Å²) in [6.07, 6.45) is 0.622. The molecule has 2 aromatic rings. The lowest BCUT2D eigenvalue weighted by Crippen LogP contribution is -2.52. The molecule has 28 heavy (non-hydrogen) atoms. The molecule has 0 N–H and O–H groups in total. The van der Waals surface area contributed by atoms with E-state index in [1.165, 1.54) is 0 Å². The highest BCUT2D eigenvalue weighted by molar-refractivity contribution is 6.22. The fourth-order valence-corrected chi connectivity index (χ4v) is 3.86. The Kier molecular flexibility index (Phi) is 5.81. The highest BCUT2D eigenvalue weighted by Crippen LogP contribution is 2.46. The molecular formula is C24H27O3Si. The first-order chi connectivity index (χ1) is 13.8. The zero-order valence-corrected chi connectivity index (χ0v) is 17.6. The van der Waals surface area contributed by atoms with E-state index in [1.54, 1.807) is 6.08 Å². The van der Waals surface area contributed by atoms with Crippen LogP contribution in [0.1, 0.15) is 33.3 Å². The Morgan fingerprint density at radius 1 is 1.07 bits per heavy atom. The second-order valence-electron chi connectivity index (χ2n) is 7.78. The Hall–Kier alpha value is -2.14. The number of hydrogen-bond donors (Lipinski definition) is 0. The molecule has 3 radical (unpaired) electrons. The highest BCUT2D eigenvalue weighted by Gasteiger charge is 2.53. The zero-order chi connectivity index (χ0) is 21.1. The van der Waals surface area contributed by atoms with Gasteiger partial charge in [0.15, 0.2) is 11.7 Å². The molecule has 1 aliphatic rings. The lowest BCUT2D eigenvalue weighted by Gasteiger charge is -2.45. The maximum absolute atomic E-state index is 8.32. The van der Waals surface area contributed by atoms with Gasteiger partial charge in [-0.15, -0.1) is 6.58 Å². The smallest absolute Gasteiger partial charge is 0.165 e. The van der Waals surface area contributed by atoms with Crippen LogP contribution < -0.4 is 0 Å². The molecule has 1 aliphatic heterocycles. The van der Waals surface area contributed by atoms with E-state index in [-0.39, 0.29) is 6.24 Å². The number of hydrogen-bond acceptors (Lipinski definition) is 3. The summed E-state index contributed by atoms with van der Waals surface area (Å²) >= 11 is 0. The Morgan fingerprint density at radius 3 is 2.07 bits per heavy atom. The van der Waals surface area contributed by atoms with Crippen LogP contribution in [0.25, 0.3) is 0 Å². The van der Waals surface area contributed by atoms with Crippen molar-refractivity contribution in [1.29, 1.82) is 0 Å². The minimum absolute atomic E-state index is 0.0504. The molecular weight excluding hydrogens is 364 g/mol. The summed E-state index contributed by atoms with van der Waals surface area (Å²) in [4.78, 5) is 0. The summed E-state index contributed by atoms with van der Waals surface area (Å²) in [6.45, 7) is 10.1. The van der Waals surface area contributed by atoms with Gasteiger partial charge >= 0.3 is 0 Å². The minimum atomic E-state index is -0.993. The van der Waals surface area contributed by atoms with Gasteiger partial charge in [-0.25, -0.2) is 0 Å². The van der Waals surface area contributed by atoms with Gasteiger partial charge in [-0.1, -0.05) is 66.7 Å². The van der Waals surface area contributed by atoms with Crippen LogP contribution >= 0.6 is 0 Å². The Bertz CT molecular complexity index is 819. The van der Waals surface area contributed by atoms with Gasteiger partial charge in [-0.2, -0.15) is 0 Å². The summed E-state index contributed by atoms with van der Waals surface area (Å²) in [5.74, 6) is 0. The van der Waals surface area contributed by atoms with Crippen molar-refractivity contribution in [2.75, 3.05) is 6.61 Å².